The van der Waals surface area contributed by atoms with Crippen molar-refractivity contribution in [1.82, 2.24) is 19.9 Å². The zero-order valence-corrected chi connectivity index (χ0v) is 16.2. The zero-order chi connectivity index (χ0) is 20.2. The van der Waals surface area contributed by atoms with Crippen LogP contribution in [-0.4, -0.2) is 27.7 Å². The van der Waals surface area contributed by atoms with Crippen molar-refractivity contribution >= 4 is 22.8 Å². The molecule has 2 amide bonds. The van der Waals surface area contributed by atoms with Gasteiger partial charge in [0.15, 0.2) is 0 Å². The minimum atomic E-state index is -0.417. The number of amides is 2. The fraction of sp³-hybridized carbons (Fsp3) is 0.136. The number of nitrogens with zero attached hydrogens (tertiary/aromatic N) is 3. The molecule has 0 aliphatic rings. The van der Waals surface area contributed by atoms with Crippen molar-refractivity contribution in [2.45, 2.75) is 6.04 Å². The molecule has 0 radical (unpaired) electrons. The summed E-state index contributed by atoms with van der Waals surface area (Å²) in [4.78, 5) is 21.6. The first-order valence-electron chi connectivity index (χ1n) is 9.19. The summed E-state index contributed by atoms with van der Waals surface area (Å²) in [6.07, 6.45) is 1.55. The van der Waals surface area contributed by atoms with E-state index in [0.29, 0.717) is 11.6 Å². The summed E-state index contributed by atoms with van der Waals surface area (Å²) in [6, 6.07) is 20.3. The van der Waals surface area contributed by atoms with E-state index >= 15 is 0 Å². The van der Waals surface area contributed by atoms with Gasteiger partial charge in [0.25, 0.3) is 0 Å². The average Bonchev–Trinajstić information content (AvgIpc) is 3.10. The Morgan fingerprint density at radius 2 is 1.79 bits per heavy atom. The number of anilines is 1. The minimum Gasteiger partial charge on any atom is -0.481 e. The highest BCUT2D eigenvalue weighted by molar-refractivity contribution is 5.89. The van der Waals surface area contributed by atoms with Gasteiger partial charge < -0.3 is 19.9 Å². The van der Waals surface area contributed by atoms with Crippen molar-refractivity contribution in [2.75, 3.05) is 12.4 Å². The topological polar surface area (TPSA) is 81.1 Å². The number of urea groups is 1. The number of ether oxygens (including phenoxy) is 1. The van der Waals surface area contributed by atoms with Gasteiger partial charge in [-0.2, -0.15) is 0 Å². The molecular weight excluding hydrogens is 366 g/mol. The van der Waals surface area contributed by atoms with Gasteiger partial charge in [-0.05, 0) is 23.8 Å². The van der Waals surface area contributed by atoms with Gasteiger partial charge in [0, 0.05) is 13.1 Å². The number of aromatic nitrogens is 3. The zero-order valence-electron chi connectivity index (χ0n) is 16.2. The number of benzene rings is 2. The maximum Gasteiger partial charge on any atom is 0.320 e. The van der Waals surface area contributed by atoms with Crippen LogP contribution in [0.5, 0.6) is 5.88 Å². The second-order valence-corrected chi connectivity index (χ2v) is 6.55. The third-order valence-corrected chi connectivity index (χ3v) is 4.69. The van der Waals surface area contributed by atoms with Crippen molar-refractivity contribution in [2.24, 2.45) is 7.05 Å². The summed E-state index contributed by atoms with van der Waals surface area (Å²) in [6.45, 7) is 0. The van der Waals surface area contributed by atoms with Gasteiger partial charge >= 0.3 is 6.03 Å². The van der Waals surface area contributed by atoms with Crippen molar-refractivity contribution < 1.29 is 9.53 Å². The second kappa shape index (κ2) is 8.02. The molecule has 1 atom stereocenters. The van der Waals surface area contributed by atoms with Crippen LogP contribution in [0.3, 0.4) is 0 Å². The fourth-order valence-electron chi connectivity index (χ4n) is 3.24. The Balaban J connectivity index is 1.64. The molecule has 7 heteroatoms. The number of methoxy groups -OCH3 is 1. The molecule has 2 aromatic carbocycles. The lowest BCUT2D eigenvalue weighted by molar-refractivity contribution is 0.249. The van der Waals surface area contributed by atoms with Gasteiger partial charge in [-0.15, -0.1) is 0 Å². The quantitative estimate of drug-likeness (QED) is 0.544. The molecule has 0 aliphatic carbocycles. The summed E-state index contributed by atoms with van der Waals surface area (Å²) in [5, 5.41) is 5.85. The number of para-hydroxylation sites is 2. The van der Waals surface area contributed by atoms with Crippen LogP contribution in [0.15, 0.2) is 72.9 Å². The van der Waals surface area contributed by atoms with E-state index in [-0.39, 0.29) is 6.03 Å². The van der Waals surface area contributed by atoms with Gasteiger partial charge in [0.2, 0.25) is 5.88 Å². The second-order valence-electron chi connectivity index (χ2n) is 6.55. The third-order valence-electron chi connectivity index (χ3n) is 4.69. The molecule has 0 saturated heterocycles. The first kappa shape index (κ1) is 18.5. The number of aryl methyl sites for hydroxylation is 1. The van der Waals surface area contributed by atoms with Crippen molar-refractivity contribution in [3.8, 4) is 5.88 Å². The molecule has 7 nitrogen and oxygen atoms in total. The number of carbonyl (C=O) groups excluding carboxylic acids is 1. The lowest BCUT2D eigenvalue weighted by atomic mass is 10.1. The summed E-state index contributed by atoms with van der Waals surface area (Å²) < 4.78 is 7.05. The van der Waals surface area contributed by atoms with Gasteiger partial charge in [-0.25, -0.2) is 14.8 Å². The molecule has 0 bridgehead atoms. The number of carbonyl (C=O) groups is 1. The fourth-order valence-corrected chi connectivity index (χ4v) is 3.24. The van der Waals surface area contributed by atoms with Gasteiger partial charge in [-0.3, -0.25) is 0 Å². The SMILES string of the molecule is COc1ccc(NC(=O)NC(c2ccccc2)c2nc3ccccc3n2C)cn1. The predicted molar refractivity (Wildman–Crippen MR) is 112 cm³/mol. The average molecular weight is 387 g/mol. The van der Waals surface area contributed by atoms with Crippen molar-refractivity contribution in [1.29, 1.82) is 0 Å². The molecule has 0 aliphatic heterocycles. The molecule has 0 saturated carbocycles. The maximum absolute atomic E-state index is 12.7. The normalized spacial score (nSPS) is 11.8. The minimum absolute atomic E-state index is 0.349. The smallest absolute Gasteiger partial charge is 0.320 e. The number of hydrogen-bond donors (Lipinski definition) is 2. The van der Waals surface area contributed by atoms with E-state index in [9.17, 15) is 4.79 Å². The first-order valence-corrected chi connectivity index (χ1v) is 9.19. The van der Waals surface area contributed by atoms with Crippen LogP contribution in [0, 0.1) is 0 Å². The number of pyridine rings is 1. The summed E-state index contributed by atoms with van der Waals surface area (Å²) >= 11 is 0. The molecular formula is C22H21N5O2. The van der Waals surface area contributed by atoms with E-state index in [4.69, 9.17) is 9.72 Å². The Hall–Kier alpha value is -3.87. The Kier molecular flexibility index (Phi) is 5.11. The molecule has 146 valence electrons. The summed E-state index contributed by atoms with van der Waals surface area (Å²) in [5.74, 6) is 1.23. The van der Waals surface area contributed by atoms with Gasteiger partial charge in [-0.1, -0.05) is 42.5 Å². The summed E-state index contributed by atoms with van der Waals surface area (Å²) in [7, 11) is 3.50. The number of hydrogen-bond acceptors (Lipinski definition) is 4. The molecule has 2 aromatic heterocycles. The number of rotatable bonds is 5. The first-order chi connectivity index (χ1) is 14.2. The largest absolute Gasteiger partial charge is 0.481 e. The molecule has 4 rings (SSSR count). The molecule has 29 heavy (non-hydrogen) atoms. The highest BCUT2D eigenvalue weighted by atomic mass is 16.5. The van der Waals surface area contributed by atoms with Crippen LogP contribution in [0.2, 0.25) is 0 Å². The Morgan fingerprint density at radius 1 is 1.03 bits per heavy atom. The molecule has 4 aromatic rings. The Morgan fingerprint density at radius 3 is 2.48 bits per heavy atom. The van der Waals surface area contributed by atoms with Gasteiger partial charge in [0.1, 0.15) is 11.9 Å². The lowest BCUT2D eigenvalue weighted by Crippen LogP contribution is -2.34. The number of imidazole rings is 1. The number of fused-ring (bicyclic) bond motifs is 1. The standard InChI is InChI=1S/C22H21N5O2/c1-27-18-11-7-6-10-17(18)25-21(27)20(15-8-4-3-5-9-15)26-22(28)24-16-12-13-19(29-2)23-14-16/h3-14,20H,1-2H3,(H2,24,26,28). The van der Waals surface area contributed by atoms with Crippen LogP contribution in [0.1, 0.15) is 17.4 Å². The van der Waals surface area contributed by atoms with Crippen molar-refractivity contribution in [3.05, 3.63) is 84.3 Å². The lowest BCUT2D eigenvalue weighted by Gasteiger charge is -2.19. The molecule has 2 N–H and O–H groups in total. The number of nitrogens with one attached hydrogen (secondary N) is 2. The Labute approximate surface area is 168 Å². The molecule has 1 unspecified atom stereocenters. The van der Waals surface area contributed by atoms with E-state index in [0.717, 1.165) is 22.4 Å². The molecule has 2 heterocycles. The Bertz CT molecular complexity index is 1120. The maximum atomic E-state index is 12.7. The third kappa shape index (κ3) is 3.89. The van der Waals surface area contributed by atoms with Crippen molar-refractivity contribution in [3.63, 3.8) is 0 Å². The van der Waals surface area contributed by atoms with E-state index in [1.54, 1.807) is 25.4 Å². The van der Waals surface area contributed by atoms with E-state index in [1.807, 2.05) is 66.2 Å². The van der Waals surface area contributed by atoms with Crippen LogP contribution >= 0.6 is 0 Å². The monoisotopic (exact) mass is 387 g/mol. The molecule has 0 fully saturated rings. The van der Waals surface area contributed by atoms with Crippen LogP contribution in [0.25, 0.3) is 11.0 Å². The van der Waals surface area contributed by atoms with Crippen LogP contribution in [-0.2, 0) is 7.05 Å². The summed E-state index contributed by atoms with van der Waals surface area (Å²) in [5.41, 5.74) is 3.39. The van der Waals surface area contributed by atoms with E-state index in [2.05, 4.69) is 15.6 Å². The molecule has 0 spiro atoms. The predicted octanol–water partition coefficient (Wildman–Crippen LogP) is 3.89. The van der Waals surface area contributed by atoms with Gasteiger partial charge in [0.05, 0.1) is 30.0 Å². The highest BCUT2D eigenvalue weighted by Gasteiger charge is 2.22. The van der Waals surface area contributed by atoms with Crippen LogP contribution in [0.4, 0.5) is 10.5 Å². The van der Waals surface area contributed by atoms with Crippen LogP contribution < -0.4 is 15.4 Å². The van der Waals surface area contributed by atoms with E-state index < -0.39 is 6.04 Å². The highest BCUT2D eigenvalue weighted by Crippen LogP contribution is 2.25. The van der Waals surface area contributed by atoms with E-state index in [1.165, 1.54) is 0 Å².